The van der Waals surface area contributed by atoms with Crippen molar-refractivity contribution in [2.45, 2.75) is 19.4 Å². The molecule has 0 spiro atoms. The molecule has 1 N–H and O–H groups in total. The zero-order valence-electron chi connectivity index (χ0n) is 13.2. The van der Waals surface area contributed by atoms with Crippen molar-refractivity contribution < 1.29 is 26.8 Å². The Labute approximate surface area is 145 Å². The summed E-state index contributed by atoms with van der Waals surface area (Å²) in [7, 11) is 0. The normalized spacial score (nSPS) is 11.3. The molecule has 2 aromatic heterocycles. The summed E-state index contributed by atoms with van der Waals surface area (Å²) in [6.07, 6.45) is -5.93. The molecule has 5 nitrogen and oxygen atoms in total. The van der Waals surface area contributed by atoms with Crippen molar-refractivity contribution in [1.29, 1.82) is 0 Å². The molecule has 0 aliphatic carbocycles. The fourth-order valence-electron chi connectivity index (χ4n) is 2.31. The van der Waals surface area contributed by atoms with E-state index in [4.69, 9.17) is 4.42 Å². The van der Waals surface area contributed by atoms with Gasteiger partial charge in [-0.25, -0.2) is 17.6 Å². The molecule has 9 heteroatoms. The van der Waals surface area contributed by atoms with Crippen molar-refractivity contribution in [3.05, 3.63) is 71.4 Å². The first kappa shape index (κ1) is 17.7. The fourth-order valence-corrected chi connectivity index (χ4v) is 2.31. The minimum absolute atomic E-state index is 0.0383. The van der Waals surface area contributed by atoms with Gasteiger partial charge in [-0.2, -0.15) is 5.10 Å². The summed E-state index contributed by atoms with van der Waals surface area (Å²) in [6.45, 7) is -0.301. The maximum Gasteiger partial charge on any atom is 0.291 e. The number of alkyl halides is 4. The van der Waals surface area contributed by atoms with E-state index in [2.05, 4.69) is 10.4 Å². The number of para-hydroxylation sites is 1. The quantitative estimate of drug-likeness (QED) is 0.645. The molecule has 3 aromatic rings. The zero-order valence-corrected chi connectivity index (χ0v) is 13.2. The average Bonchev–Trinajstić information content (AvgIpc) is 3.23. The molecule has 26 heavy (non-hydrogen) atoms. The molecule has 1 amide bonds. The summed E-state index contributed by atoms with van der Waals surface area (Å²) < 4.78 is 57.4. The molecule has 2 heterocycles. The van der Waals surface area contributed by atoms with Gasteiger partial charge in [0.2, 0.25) is 0 Å². The Morgan fingerprint density at radius 2 is 1.81 bits per heavy atom. The minimum Gasteiger partial charge on any atom is -0.454 e. The Kier molecular flexibility index (Phi) is 5.06. The van der Waals surface area contributed by atoms with Gasteiger partial charge >= 0.3 is 0 Å². The highest BCUT2D eigenvalue weighted by Gasteiger charge is 2.22. The van der Waals surface area contributed by atoms with E-state index in [0.29, 0.717) is 11.8 Å². The van der Waals surface area contributed by atoms with E-state index in [1.165, 1.54) is 12.1 Å². The maximum atomic E-state index is 13.0. The molecule has 0 unspecified atom stereocenters. The highest BCUT2D eigenvalue weighted by atomic mass is 19.3. The minimum atomic E-state index is -2.97. The van der Waals surface area contributed by atoms with E-state index in [0.717, 1.165) is 4.68 Å². The summed E-state index contributed by atoms with van der Waals surface area (Å²) in [5, 5.41) is 6.08. The molecule has 3 rings (SSSR count). The van der Waals surface area contributed by atoms with Crippen LogP contribution >= 0.6 is 0 Å². The molecule has 0 aliphatic heterocycles. The first-order chi connectivity index (χ1) is 12.4. The highest BCUT2D eigenvalue weighted by Crippen LogP contribution is 2.26. The Bertz CT molecular complexity index is 891. The third kappa shape index (κ3) is 3.93. The van der Waals surface area contributed by atoms with Gasteiger partial charge in [0, 0.05) is 5.69 Å². The fraction of sp³-hybridized carbons (Fsp3) is 0.176. The van der Waals surface area contributed by atoms with Gasteiger partial charge in [-0.15, -0.1) is 0 Å². The van der Waals surface area contributed by atoms with Crippen LogP contribution in [-0.4, -0.2) is 15.7 Å². The Morgan fingerprint density at radius 3 is 2.46 bits per heavy atom. The van der Waals surface area contributed by atoms with E-state index in [-0.39, 0.29) is 18.1 Å². The number of amides is 1. The summed E-state index contributed by atoms with van der Waals surface area (Å²) in [5.41, 5.74) is -0.829. The van der Waals surface area contributed by atoms with Crippen molar-refractivity contribution in [1.82, 2.24) is 9.78 Å². The second-order valence-corrected chi connectivity index (χ2v) is 5.34. The number of nitrogens with one attached hydrogen (secondary N) is 1. The first-order valence-corrected chi connectivity index (χ1v) is 7.53. The van der Waals surface area contributed by atoms with Crippen molar-refractivity contribution in [3.8, 4) is 0 Å². The van der Waals surface area contributed by atoms with Gasteiger partial charge in [0.25, 0.3) is 18.8 Å². The van der Waals surface area contributed by atoms with Crippen LogP contribution in [0.3, 0.4) is 0 Å². The zero-order chi connectivity index (χ0) is 18.7. The van der Waals surface area contributed by atoms with Crippen LogP contribution in [0.4, 0.5) is 23.2 Å². The summed E-state index contributed by atoms with van der Waals surface area (Å²) in [4.78, 5) is 12.1. The Hall–Kier alpha value is -3.10. The molecule has 136 valence electrons. The molecule has 0 radical (unpaired) electrons. The van der Waals surface area contributed by atoms with Gasteiger partial charge in [-0.05, 0) is 30.3 Å². The molecule has 0 bridgehead atoms. The Morgan fingerprint density at radius 1 is 1.08 bits per heavy atom. The number of aromatic nitrogens is 2. The van der Waals surface area contributed by atoms with Gasteiger partial charge in [0.05, 0.1) is 6.54 Å². The lowest BCUT2D eigenvalue weighted by Crippen LogP contribution is -2.11. The van der Waals surface area contributed by atoms with E-state index >= 15 is 0 Å². The van der Waals surface area contributed by atoms with Crippen LogP contribution in [0.15, 0.2) is 52.9 Å². The van der Waals surface area contributed by atoms with Crippen LogP contribution in [0.25, 0.3) is 0 Å². The number of hydrogen-bond acceptors (Lipinski definition) is 3. The van der Waals surface area contributed by atoms with Crippen LogP contribution in [0.1, 0.15) is 40.6 Å². The number of rotatable bonds is 6. The van der Waals surface area contributed by atoms with Crippen molar-refractivity contribution in [2.75, 3.05) is 5.32 Å². The Balaban J connectivity index is 1.75. The standard InChI is InChI=1S/C17H13F4N3O2/c18-15(19)12-8-13(16(20)21)24(23-12)9-11-6-7-14(26-11)17(25)22-10-4-2-1-3-5-10/h1-8,15-16H,9H2,(H,22,25). The van der Waals surface area contributed by atoms with Gasteiger partial charge in [-0.1, -0.05) is 18.2 Å². The first-order valence-electron chi connectivity index (χ1n) is 7.53. The molecular weight excluding hydrogens is 354 g/mol. The van der Waals surface area contributed by atoms with Gasteiger partial charge in [0.1, 0.15) is 17.1 Å². The van der Waals surface area contributed by atoms with Gasteiger partial charge in [0.15, 0.2) is 5.76 Å². The predicted octanol–water partition coefficient (Wildman–Crippen LogP) is 4.65. The van der Waals surface area contributed by atoms with Crippen LogP contribution in [0.5, 0.6) is 0 Å². The molecule has 0 aliphatic rings. The highest BCUT2D eigenvalue weighted by molar-refractivity contribution is 6.02. The van der Waals surface area contributed by atoms with Crippen LogP contribution in [0.2, 0.25) is 0 Å². The number of anilines is 1. The van der Waals surface area contributed by atoms with Crippen molar-refractivity contribution in [3.63, 3.8) is 0 Å². The molecule has 0 saturated heterocycles. The maximum absolute atomic E-state index is 13.0. The SMILES string of the molecule is O=C(Nc1ccccc1)c1ccc(Cn2nc(C(F)F)cc2C(F)F)o1. The lowest BCUT2D eigenvalue weighted by molar-refractivity contribution is 0.0994. The lowest BCUT2D eigenvalue weighted by Gasteiger charge is -2.05. The van der Waals surface area contributed by atoms with E-state index in [1.807, 2.05) is 0 Å². The van der Waals surface area contributed by atoms with E-state index in [1.54, 1.807) is 30.3 Å². The van der Waals surface area contributed by atoms with Crippen molar-refractivity contribution in [2.24, 2.45) is 0 Å². The number of hydrogen-bond donors (Lipinski definition) is 1. The second kappa shape index (κ2) is 7.42. The predicted molar refractivity (Wildman–Crippen MR) is 84.3 cm³/mol. The summed E-state index contributed by atoms with van der Waals surface area (Å²) in [6, 6.07) is 12.1. The smallest absolute Gasteiger partial charge is 0.291 e. The van der Waals surface area contributed by atoms with Crippen LogP contribution in [-0.2, 0) is 6.54 Å². The summed E-state index contributed by atoms with van der Waals surface area (Å²) >= 11 is 0. The largest absolute Gasteiger partial charge is 0.454 e. The third-order valence-electron chi connectivity index (χ3n) is 3.50. The number of carbonyl (C=O) groups is 1. The number of carbonyl (C=O) groups excluding carboxylic acids is 1. The van der Waals surface area contributed by atoms with Crippen molar-refractivity contribution >= 4 is 11.6 Å². The molecule has 0 atom stereocenters. The third-order valence-corrected chi connectivity index (χ3v) is 3.50. The second-order valence-electron chi connectivity index (χ2n) is 5.34. The number of halogens is 4. The van der Waals surface area contributed by atoms with E-state index < -0.39 is 30.1 Å². The number of benzene rings is 1. The van der Waals surface area contributed by atoms with Gasteiger partial charge in [-0.3, -0.25) is 9.48 Å². The average molecular weight is 367 g/mol. The molecule has 1 aromatic carbocycles. The molecular formula is C17H13F4N3O2. The molecule has 0 saturated carbocycles. The molecule has 0 fully saturated rings. The monoisotopic (exact) mass is 367 g/mol. The lowest BCUT2D eigenvalue weighted by atomic mass is 10.3. The topological polar surface area (TPSA) is 60.1 Å². The number of furan rings is 1. The summed E-state index contributed by atoms with van der Waals surface area (Å²) in [5.74, 6) is -0.428. The van der Waals surface area contributed by atoms with E-state index in [9.17, 15) is 22.4 Å². The number of nitrogens with zero attached hydrogens (tertiary/aromatic N) is 2. The van der Waals surface area contributed by atoms with Crippen LogP contribution in [0, 0.1) is 0 Å². The van der Waals surface area contributed by atoms with Crippen LogP contribution < -0.4 is 5.32 Å². The van der Waals surface area contributed by atoms with Gasteiger partial charge < -0.3 is 9.73 Å².